The van der Waals surface area contributed by atoms with Gasteiger partial charge in [-0.3, -0.25) is 14.2 Å². The molecule has 11 nitrogen and oxygen atoms in total. The second-order valence-electron chi connectivity index (χ2n) is 17.3. The Bertz CT molecular complexity index is 1190. The molecular formula is C46H84NO10P. The molecule has 338 valence electrons. The van der Waals surface area contributed by atoms with Gasteiger partial charge in [0, 0.05) is 24.7 Å². The summed E-state index contributed by atoms with van der Waals surface area (Å²) < 4.78 is 34.3. The summed E-state index contributed by atoms with van der Waals surface area (Å²) in [4.78, 5) is 37.7. The van der Waals surface area contributed by atoms with Crippen molar-refractivity contribution in [3.63, 3.8) is 0 Å². The number of aliphatic hydroxyl groups excluding tert-OH is 2. The molecule has 0 aromatic carbocycles. The van der Waals surface area contributed by atoms with Gasteiger partial charge < -0.3 is 38.1 Å². The van der Waals surface area contributed by atoms with Crippen LogP contribution in [0.15, 0.2) is 36.6 Å². The molecule has 0 aromatic rings. The summed E-state index contributed by atoms with van der Waals surface area (Å²) in [6, 6.07) is 0. The monoisotopic (exact) mass is 842 g/mol. The number of quaternary nitrogens is 1. The lowest BCUT2D eigenvalue weighted by Gasteiger charge is -2.28. The second-order valence-corrected chi connectivity index (χ2v) is 18.7. The summed E-state index contributed by atoms with van der Waals surface area (Å²) in [6.45, 7) is 4.32. The van der Waals surface area contributed by atoms with Crippen LogP contribution in [0.5, 0.6) is 0 Å². The summed E-state index contributed by atoms with van der Waals surface area (Å²) in [6.07, 6.45) is 33.3. The topological polar surface area (TPSA) is 152 Å². The number of phosphoric acid groups is 1. The van der Waals surface area contributed by atoms with Crippen LogP contribution in [0.1, 0.15) is 168 Å². The molecule has 58 heavy (non-hydrogen) atoms. The third kappa shape index (κ3) is 30.2. The molecule has 1 fully saturated rings. The number of aliphatic hydroxyl groups is 2. The maximum absolute atomic E-state index is 12.8. The van der Waals surface area contributed by atoms with Gasteiger partial charge in [0.2, 0.25) is 0 Å². The van der Waals surface area contributed by atoms with Crippen molar-refractivity contribution in [1.29, 1.82) is 0 Å². The maximum Gasteiger partial charge on any atom is 0.306 e. The van der Waals surface area contributed by atoms with Gasteiger partial charge in [-0.05, 0) is 44.6 Å². The van der Waals surface area contributed by atoms with Crippen molar-refractivity contribution >= 4 is 19.6 Å². The van der Waals surface area contributed by atoms with Crippen molar-refractivity contribution in [2.24, 2.45) is 11.8 Å². The van der Waals surface area contributed by atoms with Gasteiger partial charge >= 0.3 is 5.97 Å². The van der Waals surface area contributed by atoms with E-state index < -0.39 is 44.6 Å². The predicted octanol–water partition coefficient (Wildman–Crippen LogP) is 9.69. The van der Waals surface area contributed by atoms with Crippen LogP contribution in [0.2, 0.25) is 0 Å². The minimum absolute atomic E-state index is 0.0160. The van der Waals surface area contributed by atoms with Crippen molar-refractivity contribution < 1.29 is 52.3 Å². The lowest BCUT2D eigenvalue weighted by atomic mass is 9.90. The average molecular weight is 842 g/mol. The van der Waals surface area contributed by atoms with Gasteiger partial charge in [-0.15, -0.1) is 0 Å². The highest BCUT2D eigenvalue weighted by molar-refractivity contribution is 7.45. The number of carbonyl (C=O) groups excluding carboxylic acids is 2. The first-order valence-electron chi connectivity index (χ1n) is 22.9. The average Bonchev–Trinajstić information content (AvgIpc) is 3.43. The van der Waals surface area contributed by atoms with Crippen LogP contribution in [-0.4, -0.2) is 92.3 Å². The van der Waals surface area contributed by atoms with Crippen molar-refractivity contribution in [1.82, 2.24) is 0 Å². The van der Waals surface area contributed by atoms with Crippen LogP contribution in [-0.2, 0) is 32.7 Å². The number of esters is 1. The number of nitrogens with zero attached hydrogens (tertiary/aromatic N) is 1. The van der Waals surface area contributed by atoms with E-state index in [2.05, 4.69) is 13.8 Å². The number of rotatable bonds is 38. The first kappa shape index (κ1) is 54.2. The summed E-state index contributed by atoms with van der Waals surface area (Å²) >= 11 is 0. The molecular weight excluding hydrogens is 757 g/mol. The van der Waals surface area contributed by atoms with Crippen molar-refractivity contribution in [2.75, 3.05) is 47.5 Å². The second kappa shape index (κ2) is 33.8. The number of carbonyl (C=O) groups is 2. The molecule has 0 amide bonds. The molecule has 1 aliphatic carbocycles. The Morgan fingerprint density at radius 3 is 2.03 bits per heavy atom. The zero-order chi connectivity index (χ0) is 42.9. The molecule has 1 aliphatic rings. The third-order valence-electron chi connectivity index (χ3n) is 10.6. The minimum Gasteiger partial charge on any atom is -0.756 e. The van der Waals surface area contributed by atoms with Gasteiger partial charge in [0.05, 0.1) is 46.2 Å². The number of ether oxygens (including phenoxy) is 2. The third-order valence-corrected chi connectivity index (χ3v) is 11.6. The van der Waals surface area contributed by atoms with Gasteiger partial charge in [-0.2, -0.15) is 0 Å². The van der Waals surface area contributed by atoms with Crippen molar-refractivity contribution in [3.05, 3.63) is 36.6 Å². The van der Waals surface area contributed by atoms with Crippen LogP contribution in [0.25, 0.3) is 0 Å². The SMILES string of the molecule is CCCCCCCCCCCCCCCC/C=C/OC[C@H](COP(=O)([O-])OCC[N+](C)(C)C)OC(=O)CCC/C=C\C[C@H]1[C@@H](O)CC(=O)[C@@H]1/C=C/[C@@H](O)CCCCC. The zero-order valence-corrected chi connectivity index (χ0v) is 38.1. The normalized spacial score (nSPS) is 19.7. The van der Waals surface area contributed by atoms with Crippen LogP contribution < -0.4 is 4.89 Å². The molecule has 0 bridgehead atoms. The summed E-state index contributed by atoms with van der Waals surface area (Å²) in [5.74, 6) is -1.19. The Balaban J connectivity index is 2.47. The van der Waals surface area contributed by atoms with Crippen LogP contribution >= 0.6 is 7.82 Å². The van der Waals surface area contributed by atoms with Gasteiger partial charge in [-0.25, -0.2) is 0 Å². The molecule has 0 aromatic heterocycles. The molecule has 1 saturated carbocycles. The molecule has 2 N–H and O–H groups in total. The van der Waals surface area contributed by atoms with E-state index >= 15 is 0 Å². The van der Waals surface area contributed by atoms with E-state index in [-0.39, 0.29) is 37.8 Å². The molecule has 1 rings (SSSR count). The molecule has 12 heteroatoms. The summed E-state index contributed by atoms with van der Waals surface area (Å²) in [7, 11) is 1.16. The Morgan fingerprint density at radius 1 is 0.828 bits per heavy atom. The van der Waals surface area contributed by atoms with E-state index in [0.29, 0.717) is 36.7 Å². The fourth-order valence-corrected chi connectivity index (χ4v) is 7.69. The van der Waals surface area contributed by atoms with Crippen LogP contribution in [0, 0.1) is 11.8 Å². The number of Topliss-reactive ketones (excluding diaryl/α,β-unsaturated/α-hetero) is 1. The van der Waals surface area contributed by atoms with E-state index in [4.69, 9.17) is 18.5 Å². The van der Waals surface area contributed by atoms with Gasteiger partial charge in [0.1, 0.15) is 25.5 Å². The molecule has 0 spiro atoms. The first-order chi connectivity index (χ1) is 27.8. The maximum atomic E-state index is 12.8. The standard InChI is InChI=1S/C46H84NO10P/c1-6-8-10-11-12-13-14-15-16-17-18-19-20-21-24-28-35-54-38-41(39-56-58(52,53)55-36-34-47(3,4)5)57-46(51)31-27-23-22-26-30-42-43(45(50)37-44(42)49)33-32-40(48)29-25-9-7-2/h22,26,28,32-33,35,40-44,48-49H,6-21,23-25,27,29-31,34,36-39H2,1-5H3/b26-22-,33-32+,35-28+/t40-,41+,42+,43+,44-/m0/s1. The number of hydrogen-bond donors (Lipinski definition) is 2. The predicted molar refractivity (Wildman–Crippen MR) is 232 cm³/mol. The molecule has 0 heterocycles. The fourth-order valence-electron chi connectivity index (χ4n) is 6.96. The van der Waals surface area contributed by atoms with E-state index in [0.717, 1.165) is 32.1 Å². The molecule has 1 unspecified atom stereocenters. The quantitative estimate of drug-likeness (QED) is 0.0154. The lowest BCUT2D eigenvalue weighted by molar-refractivity contribution is -0.870. The van der Waals surface area contributed by atoms with Crippen molar-refractivity contribution in [3.8, 4) is 0 Å². The fraction of sp³-hybridized carbons (Fsp3) is 0.826. The van der Waals surface area contributed by atoms with E-state index in [1.54, 1.807) is 18.4 Å². The van der Waals surface area contributed by atoms with Crippen molar-refractivity contribution in [2.45, 2.75) is 186 Å². The number of likely N-dealkylation sites (N-methyl/N-ethyl adjacent to an activating group) is 1. The number of allylic oxidation sites excluding steroid dienone is 4. The Kier molecular flexibility index (Phi) is 31.6. The van der Waals surface area contributed by atoms with Crippen LogP contribution in [0.4, 0.5) is 0 Å². The number of phosphoric ester groups is 1. The highest BCUT2D eigenvalue weighted by atomic mass is 31.2. The van der Waals surface area contributed by atoms with Crippen LogP contribution in [0.3, 0.4) is 0 Å². The zero-order valence-electron chi connectivity index (χ0n) is 37.2. The van der Waals surface area contributed by atoms with Gasteiger partial charge in [-0.1, -0.05) is 141 Å². The Hall–Kier alpha value is -1.85. The highest BCUT2D eigenvalue weighted by Crippen LogP contribution is 2.38. The Labute approximate surface area is 353 Å². The largest absolute Gasteiger partial charge is 0.756 e. The Morgan fingerprint density at radius 2 is 1.41 bits per heavy atom. The molecule has 0 saturated heterocycles. The lowest BCUT2D eigenvalue weighted by Crippen LogP contribution is -2.37. The molecule has 0 radical (unpaired) electrons. The van der Waals surface area contributed by atoms with E-state index in [9.17, 15) is 29.3 Å². The molecule has 0 aliphatic heterocycles. The minimum atomic E-state index is -4.62. The smallest absolute Gasteiger partial charge is 0.306 e. The van der Waals surface area contributed by atoms with Gasteiger partial charge in [0.15, 0.2) is 6.10 Å². The van der Waals surface area contributed by atoms with Gasteiger partial charge in [0.25, 0.3) is 7.82 Å². The first-order valence-corrected chi connectivity index (χ1v) is 24.3. The number of hydrogen-bond acceptors (Lipinski definition) is 10. The van der Waals surface area contributed by atoms with E-state index in [1.165, 1.54) is 83.5 Å². The summed E-state index contributed by atoms with van der Waals surface area (Å²) in [5.41, 5.74) is 0. The highest BCUT2D eigenvalue weighted by Gasteiger charge is 2.39. The number of ketones is 1. The number of unbranched alkanes of at least 4 members (excludes halogenated alkanes) is 17. The van der Waals surface area contributed by atoms with E-state index in [1.807, 2.05) is 39.4 Å². The summed E-state index contributed by atoms with van der Waals surface area (Å²) in [5, 5.41) is 20.8. The molecule has 6 atom stereocenters.